The summed E-state index contributed by atoms with van der Waals surface area (Å²) in [6, 6.07) is 9.15. The predicted octanol–water partition coefficient (Wildman–Crippen LogP) is 7.55. The highest BCUT2D eigenvalue weighted by atomic mass is 14.9. The smallest absolute Gasteiger partial charge is 0.131 e. The first-order valence-corrected chi connectivity index (χ1v) is 11.6. The molecule has 2 aromatic rings. The van der Waals surface area contributed by atoms with E-state index in [1.165, 1.54) is 68.1 Å². The summed E-state index contributed by atoms with van der Waals surface area (Å²) in [6.07, 6.45) is 14.6. The maximum absolute atomic E-state index is 4.78. The van der Waals surface area contributed by atoms with Gasteiger partial charge in [-0.25, -0.2) is 9.97 Å². The minimum absolute atomic E-state index is 0.595. The molecule has 152 valence electrons. The van der Waals surface area contributed by atoms with E-state index in [1.807, 2.05) is 13.8 Å². The molecule has 0 bridgehead atoms. The first-order valence-electron chi connectivity index (χ1n) is 11.6. The SMILES string of the molecule is CC.Cc1ccc(C2CCC(c3cnc(C4CCC(C)CC4)nc3)CC2)cc1. The van der Waals surface area contributed by atoms with Crippen molar-refractivity contribution in [3.63, 3.8) is 0 Å². The average molecular weight is 379 g/mol. The molecule has 0 spiro atoms. The molecule has 0 aliphatic heterocycles. The standard InChI is InChI=1S/C24H32N2.C2H6/c1-17-3-7-19(8-4-17)20-11-13-21(14-12-20)23-15-25-24(26-16-23)22-9-5-18(2)6-10-22;1-2/h3-4,7-8,15-16,18,20-22H,5-6,9-14H2,1-2H3;1-2H3. The summed E-state index contributed by atoms with van der Waals surface area (Å²) in [5.41, 5.74) is 4.24. The predicted molar refractivity (Wildman–Crippen MR) is 119 cm³/mol. The second-order valence-electron chi connectivity index (χ2n) is 8.79. The number of nitrogens with zero attached hydrogens (tertiary/aromatic N) is 2. The van der Waals surface area contributed by atoms with Crippen molar-refractivity contribution in [1.29, 1.82) is 0 Å². The van der Waals surface area contributed by atoms with Gasteiger partial charge in [0.25, 0.3) is 0 Å². The van der Waals surface area contributed by atoms with Crippen molar-refractivity contribution < 1.29 is 0 Å². The van der Waals surface area contributed by atoms with Crippen LogP contribution in [0, 0.1) is 12.8 Å². The van der Waals surface area contributed by atoms with Crippen LogP contribution in [0.15, 0.2) is 36.7 Å². The largest absolute Gasteiger partial charge is 0.241 e. The topological polar surface area (TPSA) is 25.8 Å². The maximum atomic E-state index is 4.78. The molecule has 4 rings (SSSR count). The molecule has 0 saturated heterocycles. The molecule has 0 atom stereocenters. The lowest BCUT2D eigenvalue weighted by Gasteiger charge is -2.29. The van der Waals surface area contributed by atoms with Crippen LogP contribution >= 0.6 is 0 Å². The van der Waals surface area contributed by atoms with Crippen molar-refractivity contribution in [2.24, 2.45) is 5.92 Å². The van der Waals surface area contributed by atoms with E-state index in [0.717, 1.165) is 17.7 Å². The molecule has 1 aromatic heterocycles. The molecule has 0 N–H and O–H groups in total. The molecule has 2 fully saturated rings. The number of aromatic nitrogens is 2. The van der Waals surface area contributed by atoms with E-state index in [2.05, 4.69) is 50.5 Å². The summed E-state index contributed by atoms with van der Waals surface area (Å²) in [5, 5.41) is 0. The third-order valence-corrected chi connectivity index (χ3v) is 6.82. The maximum Gasteiger partial charge on any atom is 0.131 e. The van der Waals surface area contributed by atoms with Crippen LogP contribution in [-0.2, 0) is 0 Å². The van der Waals surface area contributed by atoms with Gasteiger partial charge >= 0.3 is 0 Å². The minimum Gasteiger partial charge on any atom is -0.241 e. The lowest BCUT2D eigenvalue weighted by atomic mass is 9.76. The molecule has 2 nitrogen and oxygen atoms in total. The van der Waals surface area contributed by atoms with Crippen molar-refractivity contribution >= 4 is 0 Å². The van der Waals surface area contributed by atoms with Gasteiger partial charge in [0.05, 0.1) is 0 Å². The Balaban J connectivity index is 0.00000109. The summed E-state index contributed by atoms with van der Waals surface area (Å²) in [4.78, 5) is 9.56. The van der Waals surface area contributed by atoms with Gasteiger partial charge in [0, 0.05) is 18.3 Å². The fourth-order valence-electron chi connectivity index (χ4n) is 4.89. The fraction of sp³-hybridized carbons (Fsp3) is 0.615. The van der Waals surface area contributed by atoms with Crippen LogP contribution in [0.5, 0.6) is 0 Å². The Bertz CT molecular complexity index is 688. The number of benzene rings is 1. The van der Waals surface area contributed by atoms with E-state index in [0.29, 0.717) is 11.8 Å². The normalized spacial score (nSPS) is 27.6. The first-order chi connectivity index (χ1) is 13.7. The van der Waals surface area contributed by atoms with Crippen molar-refractivity contribution in [3.8, 4) is 0 Å². The molecule has 2 aliphatic rings. The quantitative estimate of drug-likeness (QED) is 0.551. The van der Waals surface area contributed by atoms with E-state index < -0.39 is 0 Å². The summed E-state index contributed by atoms with van der Waals surface area (Å²) < 4.78 is 0. The molecule has 0 amide bonds. The summed E-state index contributed by atoms with van der Waals surface area (Å²) >= 11 is 0. The van der Waals surface area contributed by atoms with E-state index in [1.54, 1.807) is 0 Å². The zero-order valence-electron chi connectivity index (χ0n) is 18.3. The first kappa shape index (κ1) is 21.0. The van der Waals surface area contributed by atoms with Gasteiger partial charge in [-0.05, 0) is 74.3 Å². The van der Waals surface area contributed by atoms with Crippen molar-refractivity contribution in [2.45, 2.75) is 96.8 Å². The lowest BCUT2D eigenvalue weighted by Crippen LogP contribution is -2.15. The molecule has 2 aliphatic carbocycles. The van der Waals surface area contributed by atoms with E-state index in [9.17, 15) is 0 Å². The highest BCUT2D eigenvalue weighted by molar-refractivity contribution is 5.25. The third kappa shape index (κ3) is 5.21. The molecule has 1 aromatic carbocycles. The molecule has 0 radical (unpaired) electrons. The van der Waals surface area contributed by atoms with Gasteiger partial charge < -0.3 is 0 Å². The van der Waals surface area contributed by atoms with Crippen LogP contribution < -0.4 is 0 Å². The molecule has 2 saturated carbocycles. The van der Waals surface area contributed by atoms with E-state index in [-0.39, 0.29) is 0 Å². The Morgan fingerprint density at radius 2 is 1.11 bits per heavy atom. The van der Waals surface area contributed by atoms with Gasteiger partial charge in [0.1, 0.15) is 5.82 Å². The molecule has 0 unspecified atom stereocenters. The number of aryl methyl sites for hydroxylation is 1. The summed E-state index contributed by atoms with van der Waals surface area (Å²) in [6.45, 7) is 8.53. The Morgan fingerprint density at radius 1 is 0.643 bits per heavy atom. The van der Waals surface area contributed by atoms with Gasteiger partial charge in [0.2, 0.25) is 0 Å². The van der Waals surface area contributed by atoms with Gasteiger partial charge in [-0.1, -0.05) is 63.4 Å². The zero-order chi connectivity index (χ0) is 19.9. The Labute approximate surface area is 172 Å². The number of hydrogen-bond donors (Lipinski definition) is 0. The second kappa shape index (κ2) is 10.2. The minimum atomic E-state index is 0.595. The second-order valence-corrected chi connectivity index (χ2v) is 8.79. The lowest BCUT2D eigenvalue weighted by molar-refractivity contribution is 0.339. The Kier molecular flexibility index (Phi) is 7.65. The van der Waals surface area contributed by atoms with Gasteiger partial charge in [0.15, 0.2) is 0 Å². The summed E-state index contributed by atoms with van der Waals surface area (Å²) in [7, 11) is 0. The Hall–Kier alpha value is -1.70. The molecule has 2 heteroatoms. The van der Waals surface area contributed by atoms with Crippen LogP contribution in [0.4, 0.5) is 0 Å². The van der Waals surface area contributed by atoms with Crippen molar-refractivity contribution in [1.82, 2.24) is 9.97 Å². The Morgan fingerprint density at radius 3 is 1.64 bits per heavy atom. The highest BCUT2D eigenvalue weighted by Crippen LogP contribution is 2.40. The van der Waals surface area contributed by atoms with E-state index >= 15 is 0 Å². The monoisotopic (exact) mass is 378 g/mol. The third-order valence-electron chi connectivity index (χ3n) is 6.82. The van der Waals surface area contributed by atoms with E-state index in [4.69, 9.17) is 9.97 Å². The number of rotatable bonds is 3. The molecular formula is C26H38N2. The van der Waals surface area contributed by atoms with Gasteiger partial charge in [-0.2, -0.15) is 0 Å². The van der Waals surface area contributed by atoms with Crippen molar-refractivity contribution in [3.05, 3.63) is 59.2 Å². The average Bonchev–Trinajstić information content (AvgIpc) is 2.77. The van der Waals surface area contributed by atoms with Crippen LogP contribution in [0.1, 0.15) is 112 Å². The fourth-order valence-corrected chi connectivity index (χ4v) is 4.89. The van der Waals surface area contributed by atoms with Crippen molar-refractivity contribution in [2.75, 3.05) is 0 Å². The van der Waals surface area contributed by atoms with Crippen LogP contribution in [0.2, 0.25) is 0 Å². The van der Waals surface area contributed by atoms with Crippen LogP contribution in [0.25, 0.3) is 0 Å². The summed E-state index contributed by atoms with van der Waals surface area (Å²) in [5.74, 6) is 3.95. The van der Waals surface area contributed by atoms with Crippen LogP contribution in [-0.4, -0.2) is 9.97 Å². The van der Waals surface area contributed by atoms with Gasteiger partial charge in [-0.3, -0.25) is 0 Å². The van der Waals surface area contributed by atoms with Gasteiger partial charge in [-0.15, -0.1) is 0 Å². The van der Waals surface area contributed by atoms with Crippen LogP contribution in [0.3, 0.4) is 0 Å². The zero-order valence-corrected chi connectivity index (χ0v) is 18.3. The molecule has 1 heterocycles. The molecular weight excluding hydrogens is 340 g/mol. The molecule has 28 heavy (non-hydrogen) atoms. The number of hydrogen-bond acceptors (Lipinski definition) is 2. The highest BCUT2D eigenvalue weighted by Gasteiger charge is 2.25.